The van der Waals surface area contributed by atoms with Gasteiger partial charge in [-0.2, -0.15) is 15.2 Å². The van der Waals surface area contributed by atoms with Crippen LogP contribution in [0.5, 0.6) is 11.8 Å². The van der Waals surface area contributed by atoms with E-state index in [2.05, 4.69) is 19.9 Å². The summed E-state index contributed by atoms with van der Waals surface area (Å²) in [5.41, 5.74) is -0.134. The van der Waals surface area contributed by atoms with Crippen molar-refractivity contribution in [1.29, 1.82) is 5.26 Å². The Hall–Kier alpha value is -5.89. The fourth-order valence-corrected chi connectivity index (χ4v) is 7.52. The van der Waals surface area contributed by atoms with Gasteiger partial charge in [0.2, 0.25) is 11.8 Å². The maximum absolute atomic E-state index is 14.3. The molecule has 6 rings (SSSR count). The Labute approximate surface area is 310 Å². The standard InChI is InChI=1S/C16H12FN5O5S.C14H8Cl2F3N3O3S/c1-27-16-9(4-5-18)6-12(17)15(20-16)21-28(25,26)14-8-19-13-7-10(22(23)24)2-3-11(13)14;1-25-14-6(15)3-8(18)13(21-14)22-26(23,24)9-4-20-12-5(9)2-7(17)10(16)11(12)19/h2-3,6-8,19H,4H2,1H3,(H,20,21);2-4,20H,1H3,(H,21,22). The minimum Gasteiger partial charge on any atom is -0.481 e. The minimum absolute atomic E-state index is 0.0878. The van der Waals surface area contributed by atoms with Gasteiger partial charge >= 0.3 is 0 Å². The van der Waals surface area contributed by atoms with Crippen LogP contribution in [-0.4, -0.2) is 55.9 Å². The smallest absolute Gasteiger partial charge is 0.271 e. The summed E-state index contributed by atoms with van der Waals surface area (Å²) in [6, 6.07) is 7.97. The molecule has 2 aromatic carbocycles. The second-order valence-corrected chi connectivity index (χ2v) is 14.6. The number of aromatic amines is 2. The topological polar surface area (TPSA) is 235 Å². The molecule has 16 nitrogen and oxygen atoms in total. The molecule has 54 heavy (non-hydrogen) atoms. The molecule has 4 aromatic heterocycles. The quantitative estimate of drug-likeness (QED) is 0.0498. The number of non-ortho nitro benzene ring substituents is 1. The molecule has 0 bridgehead atoms. The fourth-order valence-electron chi connectivity index (χ4n) is 4.79. The average Bonchev–Trinajstić information content (AvgIpc) is 3.75. The van der Waals surface area contributed by atoms with Crippen molar-refractivity contribution in [3.8, 4) is 17.8 Å². The largest absolute Gasteiger partial charge is 0.481 e. The summed E-state index contributed by atoms with van der Waals surface area (Å²) in [5, 5.41) is 18.5. The number of nitro benzene ring substituents is 1. The zero-order valence-electron chi connectivity index (χ0n) is 27.0. The van der Waals surface area contributed by atoms with E-state index < -0.39 is 69.8 Å². The molecule has 0 fully saturated rings. The molecule has 24 heteroatoms. The zero-order valence-corrected chi connectivity index (χ0v) is 30.1. The first-order valence-electron chi connectivity index (χ1n) is 14.4. The van der Waals surface area contributed by atoms with E-state index in [0.717, 1.165) is 36.7 Å². The number of nitro groups is 1. The van der Waals surface area contributed by atoms with Gasteiger partial charge in [-0.25, -0.2) is 34.4 Å². The van der Waals surface area contributed by atoms with Crippen molar-refractivity contribution in [3.63, 3.8) is 0 Å². The highest BCUT2D eigenvalue weighted by atomic mass is 35.5. The molecule has 0 spiro atoms. The number of pyridine rings is 2. The van der Waals surface area contributed by atoms with Crippen LogP contribution < -0.4 is 18.9 Å². The van der Waals surface area contributed by atoms with E-state index in [1.807, 2.05) is 15.5 Å². The van der Waals surface area contributed by atoms with Gasteiger partial charge in [0.05, 0.1) is 42.7 Å². The molecule has 0 unspecified atom stereocenters. The Morgan fingerprint density at radius 3 is 2.02 bits per heavy atom. The number of H-pyrrole nitrogens is 2. The van der Waals surface area contributed by atoms with Gasteiger partial charge in [0.15, 0.2) is 29.1 Å². The zero-order chi connectivity index (χ0) is 39.7. The highest BCUT2D eigenvalue weighted by Crippen LogP contribution is 2.34. The van der Waals surface area contributed by atoms with Gasteiger partial charge in [0, 0.05) is 46.9 Å². The Bertz CT molecular complexity index is 2740. The first-order valence-corrected chi connectivity index (χ1v) is 18.1. The summed E-state index contributed by atoms with van der Waals surface area (Å²) in [5.74, 6) is -5.95. The van der Waals surface area contributed by atoms with Crippen molar-refractivity contribution in [2.75, 3.05) is 23.7 Å². The van der Waals surface area contributed by atoms with E-state index in [1.54, 1.807) is 0 Å². The third-order valence-electron chi connectivity index (χ3n) is 7.22. The molecule has 4 N–H and O–H groups in total. The summed E-state index contributed by atoms with van der Waals surface area (Å²) < 4.78 is 120. The van der Waals surface area contributed by atoms with Crippen LogP contribution in [0, 0.1) is 44.7 Å². The molecule has 0 saturated carbocycles. The summed E-state index contributed by atoms with van der Waals surface area (Å²) in [7, 11) is -6.27. The molecule has 282 valence electrons. The van der Waals surface area contributed by atoms with Crippen LogP contribution in [0.15, 0.2) is 58.6 Å². The Balaban J connectivity index is 0.000000208. The first-order chi connectivity index (χ1) is 25.4. The molecule has 0 atom stereocenters. The highest BCUT2D eigenvalue weighted by Gasteiger charge is 2.26. The fraction of sp³-hybridized carbons (Fsp3) is 0.100. The number of ether oxygens (including phenoxy) is 2. The van der Waals surface area contributed by atoms with E-state index in [1.165, 1.54) is 26.4 Å². The summed E-state index contributed by atoms with van der Waals surface area (Å²) in [6.45, 7) is 0. The molecular formula is C30H20Cl2F4N8O8S2. The number of sulfonamides is 2. The number of nitriles is 1. The van der Waals surface area contributed by atoms with Crippen molar-refractivity contribution >= 4 is 82.4 Å². The van der Waals surface area contributed by atoms with Crippen LogP contribution in [0.2, 0.25) is 10.0 Å². The number of rotatable bonds is 10. The van der Waals surface area contributed by atoms with Crippen LogP contribution in [0.25, 0.3) is 21.8 Å². The van der Waals surface area contributed by atoms with Gasteiger partial charge in [-0.05, 0) is 18.2 Å². The Kier molecular flexibility index (Phi) is 11.1. The number of methoxy groups -OCH3 is 2. The Morgan fingerprint density at radius 1 is 0.852 bits per heavy atom. The van der Waals surface area contributed by atoms with Gasteiger partial charge in [0.1, 0.15) is 25.7 Å². The van der Waals surface area contributed by atoms with Gasteiger partial charge in [0.25, 0.3) is 25.7 Å². The van der Waals surface area contributed by atoms with E-state index >= 15 is 0 Å². The lowest BCUT2D eigenvalue weighted by Gasteiger charge is -2.11. The summed E-state index contributed by atoms with van der Waals surface area (Å²) >= 11 is 11.2. The normalized spacial score (nSPS) is 11.5. The van der Waals surface area contributed by atoms with Crippen LogP contribution in [0.4, 0.5) is 34.9 Å². The number of halogens is 6. The molecule has 4 heterocycles. The highest BCUT2D eigenvalue weighted by molar-refractivity contribution is 7.93. The van der Waals surface area contributed by atoms with Crippen molar-refractivity contribution < 1.29 is 48.8 Å². The second kappa shape index (κ2) is 15.2. The first kappa shape index (κ1) is 39.3. The monoisotopic (exact) mass is 830 g/mol. The lowest BCUT2D eigenvalue weighted by Crippen LogP contribution is -2.15. The van der Waals surface area contributed by atoms with E-state index in [-0.39, 0.29) is 61.2 Å². The lowest BCUT2D eigenvalue weighted by molar-refractivity contribution is -0.384. The second-order valence-electron chi connectivity index (χ2n) is 10.5. The number of nitrogens with zero attached hydrogens (tertiary/aromatic N) is 4. The molecule has 0 aliphatic heterocycles. The lowest BCUT2D eigenvalue weighted by atomic mass is 10.2. The van der Waals surface area contributed by atoms with Crippen LogP contribution in [-0.2, 0) is 26.5 Å². The summed E-state index contributed by atoms with van der Waals surface area (Å²) in [4.78, 5) is 21.9. The SMILES string of the molecule is COc1nc(NS(=O)(=O)c2c[nH]c3c(F)c(Cl)c(F)cc23)c(F)cc1Cl.COc1nc(NS(=O)(=O)c2c[nH]c3cc([N+](=O)[O-])ccc23)c(F)cc1CC#N. The average molecular weight is 832 g/mol. The predicted octanol–water partition coefficient (Wildman–Crippen LogP) is 6.58. The molecule has 0 saturated heterocycles. The van der Waals surface area contributed by atoms with Gasteiger partial charge in [-0.15, -0.1) is 0 Å². The maximum atomic E-state index is 14.3. The van der Waals surface area contributed by atoms with Crippen LogP contribution in [0.1, 0.15) is 5.56 Å². The number of anilines is 2. The maximum Gasteiger partial charge on any atom is 0.271 e. The van der Waals surface area contributed by atoms with E-state index in [4.69, 9.17) is 37.9 Å². The number of hydrogen-bond acceptors (Lipinski definition) is 11. The van der Waals surface area contributed by atoms with Crippen molar-refractivity contribution in [1.82, 2.24) is 19.9 Å². The van der Waals surface area contributed by atoms with E-state index in [9.17, 15) is 44.5 Å². The van der Waals surface area contributed by atoms with Crippen molar-refractivity contribution in [2.24, 2.45) is 0 Å². The molecule has 0 amide bonds. The molecule has 0 radical (unpaired) electrons. The van der Waals surface area contributed by atoms with Gasteiger partial charge < -0.3 is 19.4 Å². The van der Waals surface area contributed by atoms with E-state index in [0.29, 0.717) is 0 Å². The van der Waals surface area contributed by atoms with Crippen LogP contribution >= 0.6 is 23.2 Å². The third-order valence-corrected chi connectivity index (χ3v) is 10.6. The molecule has 6 aromatic rings. The van der Waals surface area contributed by atoms with Gasteiger partial charge in [-0.1, -0.05) is 23.2 Å². The third kappa shape index (κ3) is 7.74. The number of fused-ring (bicyclic) bond motifs is 2. The molecular weight excluding hydrogens is 811 g/mol. The van der Waals surface area contributed by atoms with Gasteiger partial charge in [-0.3, -0.25) is 19.6 Å². The minimum atomic E-state index is -4.46. The van der Waals surface area contributed by atoms with Crippen molar-refractivity contribution in [3.05, 3.63) is 97.8 Å². The number of hydrogen-bond donors (Lipinski definition) is 4. The number of benzene rings is 2. The van der Waals surface area contributed by atoms with Crippen LogP contribution in [0.3, 0.4) is 0 Å². The number of nitrogens with one attached hydrogen (secondary N) is 4. The number of aromatic nitrogens is 4. The summed E-state index contributed by atoms with van der Waals surface area (Å²) in [6.07, 6.45) is 1.88. The van der Waals surface area contributed by atoms with Crippen molar-refractivity contribution in [2.45, 2.75) is 16.2 Å². The predicted molar refractivity (Wildman–Crippen MR) is 186 cm³/mol. The molecule has 0 aliphatic carbocycles. The molecule has 0 aliphatic rings. The Morgan fingerprint density at radius 2 is 1.43 bits per heavy atom.